The van der Waals surface area contributed by atoms with Gasteiger partial charge in [-0.25, -0.2) is 0 Å². The highest BCUT2D eigenvalue weighted by Crippen LogP contribution is 2.43. The van der Waals surface area contributed by atoms with Gasteiger partial charge in [0.05, 0.1) is 0 Å². The largest absolute Gasteiger partial charge is 0.507 e. The van der Waals surface area contributed by atoms with Crippen LogP contribution in [0.1, 0.15) is 84.5 Å². The minimum atomic E-state index is -0.559. The molecule has 3 rings (SSSR count). The molecule has 0 aromatic heterocycles. The monoisotopic (exact) mass is 414 g/mol. The first-order chi connectivity index (χ1) is 14.4. The van der Waals surface area contributed by atoms with Crippen LogP contribution in [0.15, 0.2) is 66.7 Å². The van der Waals surface area contributed by atoms with E-state index in [0.717, 1.165) is 0 Å². The first kappa shape index (κ1) is 22.5. The van der Waals surface area contributed by atoms with Crippen molar-refractivity contribution in [1.29, 1.82) is 0 Å². The summed E-state index contributed by atoms with van der Waals surface area (Å²) in [5.41, 5.74) is 1.79. The molecule has 0 aliphatic heterocycles. The second-order valence-corrected chi connectivity index (χ2v) is 9.96. The van der Waals surface area contributed by atoms with Gasteiger partial charge in [0, 0.05) is 33.4 Å². The molecule has 0 bridgehead atoms. The van der Waals surface area contributed by atoms with E-state index < -0.39 is 10.8 Å². The Kier molecular flexibility index (Phi) is 5.91. The molecule has 0 fully saturated rings. The van der Waals surface area contributed by atoms with E-state index >= 15 is 0 Å². The minimum Gasteiger partial charge on any atom is -0.507 e. The summed E-state index contributed by atoms with van der Waals surface area (Å²) in [5, 5.41) is 11.3. The molecular weight excluding hydrogens is 384 g/mol. The van der Waals surface area contributed by atoms with Crippen molar-refractivity contribution in [2.24, 2.45) is 0 Å². The molecule has 0 heterocycles. The average Bonchev–Trinajstić information content (AvgIpc) is 2.71. The molecule has 0 aliphatic rings. The Labute approximate surface area is 184 Å². The number of ketones is 2. The van der Waals surface area contributed by atoms with Gasteiger partial charge in [-0.2, -0.15) is 0 Å². The summed E-state index contributed by atoms with van der Waals surface area (Å²) in [7, 11) is 0. The van der Waals surface area contributed by atoms with E-state index in [4.69, 9.17) is 0 Å². The van der Waals surface area contributed by atoms with Crippen molar-refractivity contribution in [3.8, 4) is 5.75 Å². The van der Waals surface area contributed by atoms with Crippen LogP contribution in [-0.2, 0) is 10.8 Å². The number of hydrogen-bond donors (Lipinski definition) is 1. The number of aromatic hydroxyl groups is 1. The Morgan fingerprint density at radius 1 is 0.677 bits per heavy atom. The zero-order chi connectivity index (χ0) is 23.0. The molecule has 0 unspecified atom stereocenters. The average molecular weight is 415 g/mol. The van der Waals surface area contributed by atoms with Gasteiger partial charge in [0.15, 0.2) is 11.6 Å². The molecule has 0 atom stereocenters. The molecular formula is C28H30O3. The number of carbonyl (C=O) groups excluding carboxylic acids is 2. The number of benzene rings is 3. The molecule has 0 saturated carbocycles. The van der Waals surface area contributed by atoms with Gasteiger partial charge in [0.2, 0.25) is 0 Å². The van der Waals surface area contributed by atoms with Gasteiger partial charge in [-0.05, 0) is 16.9 Å². The number of phenolic OH excluding ortho intramolecular Hbond substituents is 1. The van der Waals surface area contributed by atoms with Gasteiger partial charge < -0.3 is 5.11 Å². The smallest absolute Gasteiger partial charge is 0.194 e. The second-order valence-electron chi connectivity index (χ2n) is 9.96. The first-order valence-corrected chi connectivity index (χ1v) is 10.5. The fourth-order valence-electron chi connectivity index (χ4n) is 3.87. The van der Waals surface area contributed by atoms with Crippen LogP contribution in [0.2, 0.25) is 0 Å². The quantitative estimate of drug-likeness (QED) is 0.499. The Morgan fingerprint density at radius 2 is 1.13 bits per heavy atom. The van der Waals surface area contributed by atoms with Crippen LogP contribution in [-0.4, -0.2) is 16.7 Å². The van der Waals surface area contributed by atoms with Crippen LogP contribution in [0.3, 0.4) is 0 Å². The third-order valence-corrected chi connectivity index (χ3v) is 5.40. The van der Waals surface area contributed by atoms with Crippen LogP contribution >= 0.6 is 0 Å². The summed E-state index contributed by atoms with van der Waals surface area (Å²) in [4.78, 5) is 27.4. The first-order valence-electron chi connectivity index (χ1n) is 10.5. The Morgan fingerprint density at radius 3 is 1.55 bits per heavy atom. The number of rotatable bonds is 4. The maximum Gasteiger partial charge on any atom is 0.194 e. The fourth-order valence-corrected chi connectivity index (χ4v) is 3.87. The van der Waals surface area contributed by atoms with Gasteiger partial charge in [0.1, 0.15) is 5.75 Å². The highest BCUT2D eigenvalue weighted by molar-refractivity contribution is 6.21. The lowest BCUT2D eigenvalue weighted by molar-refractivity contribution is 0.100. The summed E-state index contributed by atoms with van der Waals surface area (Å²) < 4.78 is 0. The minimum absolute atomic E-state index is 0.0869. The van der Waals surface area contributed by atoms with E-state index in [0.29, 0.717) is 27.8 Å². The van der Waals surface area contributed by atoms with Crippen LogP contribution in [0, 0.1) is 0 Å². The van der Waals surface area contributed by atoms with Gasteiger partial charge >= 0.3 is 0 Å². The maximum atomic E-state index is 13.7. The lowest BCUT2D eigenvalue weighted by Crippen LogP contribution is -2.25. The van der Waals surface area contributed by atoms with Gasteiger partial charge in [-0.3, -0.25) is 9.59 Å². The lowest BCUT2D eigenvalue weighted by atomic mass is 9.73. The van der Waals surface area contributed by atoms with E-state index in [1.165, 1.54) is 0 Å². The van der Waals surface area contributed by atoms with Crippen molar-refractivity contribution < 1.29 is 14.7 Å². The molecule has 0 amide bonds. The molecule has 1 N–H and O–H groups in total. The highest BCUT2D eigenvalue weighted by atomic mass is 16.3. The van der Waals surface area contributed by atoms with Crippen LogP contribution in [0.4, 0.5) is 0 Å². The normalized spacial score (nSPS) is 11.9. The molecule has 3 aromatic rings. The van der Waals surface area contributed by atoms with Crippen molar-refractivity contribution in [2.75, 3.05) is 0 Å². The predicted molar refractivity (Wildman–Crippen MR) is 125 cm³/mol. The molecule has 160 valence electrons. The van der Waals surface area contributed by atoms with E-state index in [9.17, 15) is 14.7 Å². The van der Waals surface area contributed by atoms with E-state index in [-0.39, 0.29) is 22.9 Å². The standard InChI is InChI=1S/C28H30O3/c1-27(2,3)21-17-20(24(29)18-13-9-7-10-14-18)22(23(26(21)31)28(4,5)6)25(30)19-15-11-8-12-16-19/h7-17,31H,1-6H3. The third-order valence-electron chi connectivity index (χ3n) is 5.40. The van der Waals surface area contributed by atoms with Gasteiger partial charge in [-0.15, -0.1) is 0 Å². The summed E-state index contributed by atoms with van der Waals surface area (Å²) in [6, 6.07) is 19.6. The van der Waals surface area contributed by atoms with E-state index in [2.05, 4.69) is 0 Å². The van der Waals surface area contributed by atoms with Crippen molar-refractivity contribution in [1.82, 2.24) is 0 Å². The zero-order valence-electron chi connectivity index (χ0n) is 19.1. The molecule has 0 saturated heterocycles. The summed E-state index contributed by atoms with van der Waals surface area (Å²) >= 11 is 0. The maximum absolute atomic E-state index is 13.7. The molecule has 0 spiro atoms. The molecule has 0 radical (unpaired) electrons. The van der Waals surface area contributed by atoms with E-state index in [1.54, 1.807) is 42.5 Å². The molecule has 3 heteroatoms. The molecule has 31 heavy (non-hydrogen) atoms. The summed E-state index contributed by atoms with van der Waals surface area (Å²) in [6.45, 7) is 11.8. The zero-order valence-corrected chi connectivity index (χ0v) is 19.1. The van der Waals surface area contributed by atoms with Crippen molar-refractivity contribution in [3.05, 3.63) is 100 Å². The van der Waals surface area contributed by atoms with Crippen molar-refractivity contribution in [2.45, 2.75) is 52.4 Å². The number of hydrogen-bond acceptors (Lipinski definition) is 3. The topological polar surface area (TPSA) is 54.4 Å². The Hall–Kier alpha value is -3.20. The van der Waals surface area contributed by atoms with Crippen molar-refractivity contribution in [3.63, 3.8) is 0 Å². The number of phenols is 1. The summed E-state index contributed by atoms with van der Waals surface area (Å²) in [6.07, 6.45) is 0. The SMILES string of the molecule is CC(C)(C)c1cc(C(=O)c2ccccc2)c(C(=O)c2ccccc2)c(C(C)(C)C)c1O. The van der Waals surface area contributed by atoms with Crippen molar-refractivity contribution >= 4 is 11.6 Å². The predicted octanol–water partition coefficient (Wildman–Crippen LogP) is 6.45. The van der Waals surface area contributed by atoms with Gasteiger partial charge in [-0.1, -0.05) is 102 Å². The van der Waals surface area contributed by atoms with Crippen LogP contribution in [0.5, 0.6) is 5.75 Å². The van der Waals surface area contributed by atoms with Crippen LogP contribution < -0.4 is 0 Å². The van der Waals surface area contributed by atoms with E-state index in [1.807, 2.05) is 65.8 Å². The molecule has 0 aliphatic carbocycles. The molecule has 3 aromatic carbocycles. The Balaban J connectivity index is 2.44. The fraction of sp³-hybridized carbons (Fsp3) is 0.286. The molecule has 3 nitrogen and oxygen atoms in total. The third kappa shape index (κ3) is 4.46. The second kappa shape index (κ2) is 8.14. The van der Waals surface area contributed by atoms with Crippen LogP contribution in [0.25, 0.3) is 0 Å². The van der Waals surface area contributed by atoms with Gasteiger partial charge in [0.25, 0.3) is 0 Å². The highest BCUT2D eigenvalue weighted by Gasteiger charge is 2.35. The summed E-state index contributed by atoms with van der Waals surface area (Å²) in [5.74, 6) is -0.402. The number of carbonyl (C=O) groups is 2. The Bertz CT molecular complexity index is 1110. The lowest BCUT2D eigenvalue weighted by Gasteiger charge is -2.30.